The maximum Gasteiger partial charge on any atom is 0.308 e. The second-order valence-corrected chi connectivity index (χ2v) is 6.97. The molecule has 1 unspecified atom stereocenters. The number of rotatable bonds is 7. The van der Waals surface area contributed by atoms with Gasteiger partial charge in [0.05, 0.1) is 30.3 Å². The number of carbonyl (C=O) groups excluding carboxylic acids is 2. The van der Waals surface area contributed by atoms with Gasteiger partial charge in [0.15, 0.2) is 0 Å². The molecule has 0 bridgehead atoms. The Hall–Kier alpha value is -3.25. The topological polar surface area (TPSA) is 68.3 Å². The number of ether oxygens (including phenoxy) is 1. The fraction of sp³-hybridized carbons (Fsp3) is 0.174. The molecule has 1 heterocycles. The van der Waals surface area contributed by atoms with Crippen LogP contribution in [0.5, 0.6) is 0 Å². The summed E-state index contributed by atoms with van der Waals surface area (Å²) in [6, 6.07) is 15.6. The SMILES string of the molecule is CCOC(=O)CC(NC(=O)c1ccc(-c2cccc(F)c2)nc1)c1ccc(Cl)cc1. The minimum Gasteiger partial charge on any atom is -0.466 e. The lowest BCUT2D eigenvalue weighted by Crippen LogP contribution is -2.30. The summed E-state index contributed by atoms with van der Waals surface area (Å²) in [5.74, 6) is -1.17. The highest BCUT2D eigenvalue weighted by Gasteiger charge is 2.20. The Morgan fingerprint density at radius 1 is 1.13 bits per heavy atom. The number of carbonyl (C=O) groups is 2. The molecule has 3 aromatic rings. The van der Waals surface area contributed by atoms with Crippen LogP contribution >= 0.6 is 11.6 Å². The molecule has 0 fully saturated rings. The van der Waals surface area contributed by atoms with Crippen LogP contribution in [0.4, 0.5) is 4.39 Å². The van der Waals surface area contributed by atoms with Crippen molar-refractivity contribution in [2.24, 2.45) is 0 Å². The molecule has 1 amide bonds. The fourth-order valence-corrected chi connectivity index (χ4v) is 3.05. The third kappa shape index (κ3) is 5.64. The van der Waals surface area contributed by atoms with Gasteiger partial charge in [0.25, 0.3) is 5.91 Å². The van der Waals surface area contributed by atoms with Gasteiger partial charge in [0.1, 0.15) is 5.82 Å². The van der Waals surface area contributed by atoms with Crippen molar-refractivity contribution in [2.75, 3.05) is 6.61 Å². The summed E-state index contributed by atoms with van der Waals surface area (Å²) in [4.78, 5) is 29.0. The summed E-state index contributed by atoms with van der Waals surface area (Å²) < 4.78 is 18.4. The molecule has 30 heavy (non-hydrogen) atoms. The van der Waals surface area contributed by atoms with Crippen molar-refractivity contribution in [2.45, 2.75) is 19.4 Å². The average molecular weight is 427 g/mol. The second kappa shape index (κ2) is 9.98. The van der Waals surface area contributed by atoms with Gasteiger partial charge in [0.2, 0.25) is 0 Å². The minimum absolute atomic E-state index is 0.0178. The average Bonchev–Trinajstić information content (AvgIpc) is 2.74. The molecule has 7 heteroatoms. The summed E-state index contributed by atoms with van der Waals surface area (Å²) in [6.07, 6.45) is 1.40. The van der Waals surface area contributed by atoms with Gasteiger partial charge in [-0.2, -0.15) is 0 Å². The highest BCUT2D eigenvalue weighted by molar-refractivity contribution is 6.30. The van der Waals surface area contributed by atoms with Crippen molar-refractivity contribution < 1.29 is 18.7 Å². The number of nitrogens with zero attached hydrogens (tertiary/aromatic N) is 1. The van der Waals surface area contributed by atoms with E-state index in [2.05, 4.69) is 10.3 Å². The van der Waals surface area contributed by atoms with E-state index in [1.54, 1.807) is 55.5 Å². The summed E-state index contributed by atoms with van der Waals surface area (Å²) >= 11 is 5.94. The lowest BCUT2D eigenvalue weighted by atomic mass is 10.0. The van der Waals surface area contributed by atoms with Gasteiger partial charge in [-0.05, 0) is 48.9 Å². The van der Waals surface area contributed by atoms with Crippen molar-refractivity contribution in [3.05, 3.63) is 88.8 Å². The number of hydrogen-bond acceptors (Lipinski definition) is 4. The van der Waals surface area contributed by atoms with Crippen molar-refractivity contribution >= 4 is 23.5 Å². The van der Waals surface area contributed by atoms with E-state index in [0.717, 1.165) is 5.56 Å². The van der Waals surface area contributed by atoms with Crippen LogP contribution in [0.1, 0.15) is 35.3 Å². The molecule has 0 spiro atoms. The second-order valence-electron chi connectivity index (χ2n) is 6.53. The Balaban J connectivity index is 1.77. The molecule has 1 atom stereocenters. The first-order chi connectivity index (χ1) is 14.5. The van der Waals surface area contributed by atoms with Crippen LogP contribution in [0.2, 0.25) is 5.02 Å². The Labute approximate surface area is 178 Å². The zero-order valence-electron chi connectivity index (χ0n) is 16.3. The van der Waals surface area contributed by atoms with Crippen LogP contribution in [-0.4, -0.2) is 23.5 Å². The van der Waals surface area contributed by atoms with Gasteiger partial charge in [0, 0.05) is 16.8 Å². The van der Waals surface area contributed by atoms with E-state index < -0.39 is 17.9 Å². The van der Waals surface area contributed by atoms with E-state index >= 15 is 0 Å². The monoisotopic (exact) mass is 426 g/mol. The number of pyridine rings is 1. The summed E-state index contributed by atoms with van der Waals surface area (Å²) in [5.41, 5.74) is 2.21. The quantitative estimate of drug-likeness (QED) is 0.542. The molecule has 0 aliphatic heterocycles. The molecule has 1 aromatic heterocycles. The molecule has 2 aromatic carbocycles. The van der Waals surface area contributed by atoms with Crippen LogP contribution in [0.25, 0.3) is 11.3 Å². The largest absolute Gasteiger partial charge is 0.466 e. The Bertz CT molecular complexity index is 1020. The minimum atomic E-state index is -0.586. The molecule has 5 nitrogen and oxygen atoms in total. The maximum atomic E-state index is 13.4. The predicted octanol–water partition coefficient (Wildman–Crippen LogP) is 4.97. The van der Waals surface area contributed by atoms with Gasteiger partial charge < -0.3 is 10.1 Å². The van der Waals surface area contributed by atoms with Crippen LogP contribution in [-0.2, 0) is 9.53 Å². The number of benzene rings is 2. The van der Waals surface area contributed by atoms with E-state index in [1.165, 1.54) is 18.3 Å². The smallest absolute Gasteiger partial charge is 0.308 e. The number of nitrogens with one attached hydrogen (secondary N) is 1. The molecule has 0 saturated carbocycles. The van der Waals surface area contributed by atoms with Crippen LogP contribution < -0.4 is 5.32 Å². The van der Waals surface area contributed by atoms with E-state index in [1.807, 2.05) is 0 Å². The maximum absolute atomic E-state index is 13.4. The van der Waals surface area contributed by atoms with Gasteiger partial charge >= 0.3 is 5.97 Å². The summed E-state index contributed by atoms with van der Waals surface area (Å²) in [5, 5.41) is 3.40. The fourth-order valence-electron chi connectivity index (χ4n) is 2.92. The Kier molecular flexibility index (Phi) is 7.14. The number of hydrogen-bond donors (Lipinski definition) is 1. The van der Waals surface area contributed by atoms with Gasteiger partial charge in [-0.3, -0.25) is 14.6 Å². The summed E-state index contributed by atoms with van der Waals surface area (Å²) in [7, 11) is 0. The molecule has 1 N–H and O–H groups in total. The van der Waals surface area contributed by atoms with Crippen LogP contribution in [0.15, 0.2) is 66.9 Å². The molecular weight excluding hydrogens is 407 g/mol. The molecule has 0 saturated heterocycles. The highest BCUT2D eigenvalue weighted by atomic mass is 35.5. The van der Waals surface area contributed by atoms with Crippen LogP contribution in [0, 0.1) is 5.82 Å². The highest BCUT2D eigenvalue weighted by Crippen LogP contribution is 2.22. The van der Waals surface area contributed by atoms with E-state index in [4.69, 9.17) is 16.3 Å². The van der Waals surface area contributed by atoms with Crippen molar-refractivity contribution in [3.63, 3.8) is 0 Å². The molecular formula is C23H20ClFN2O3. The summed E-state index contributed by atoms with van der Waals surface area (Å²) in [6.45, 7) is 1.98. The Morgan fingerprint density at radius 2 is 1.90 bits per heavy atom. The molecule has 0 radical (unpaired) electrons. The first-order valence-electron chi connectivity index (χ1n) is 9.40. The van der Waals surface area contributed by atoms with Crippen LogP contribution in [0.3, 0.4) is 0 Å². The first-order valence-corrected chi connectivity index (χ1v) is 9.78. The number of aromatic nitrogens is 1. The zero-order chi connectivity index (χ0) is 21.5. The van der Waals surface area contributed by atoms with E-state index in [9.17, 15) is 14.0 Å². The molecule has 0 aliphatic rings. The predicted molar refractivity (Wildman–Crippen MR) is 113 cm³/mol. The zero-order valence-corrected chi connectivity index (χ0v) is 17.0. The lowest BCUT2D eigenvalue weighted by molar-refractivity contribution is -0.143. The van der Waals surface area contributed by atoms with Crippen molar-refractivity contribution in [1.29, 1.82) is 0 Å². The van der Waals surface area contributed by atoms with E-state index in [-0.39, 0.29) is 18.8 Å². The first kappa shape index (κ1) is 21.5. The molecule has 154 valence electrons. The molecule has 3 rings (SSSR count). The number of esters is 1. The van der Waals surface area contributed by atoms with Crippen molar-refractivity contribution in [1.82, 2.24) is 10.3 Å². The Morgan fingerprint density at radius 3 is 2.53 bits per heavy atom. The van der Waals surface area contributed by atoms with Gasteiger partial charge in [-0.25, -0.2) is 4.39 Å². The van der Waals surface area contributed by atoms with Gasteiger partial charge in [-0.15, -0.1) is 0 Å². The third-order valence-electron chi connectivity index (χ3n) is 4.40. The number of amides is 1. The van der Waals surface area contributed by atoms with Crippen molar-refractivity contribution in [3.8, 4) is 11.3 Å². The third-order valence-corrected chi connectivity index (χ3v) is 4.65. The standard InChI is InChI=1S/C23H20ClFN2O3/c1-2-30-22(28)13-21(15-6-9-18(24)10-7-15)27-23(29)17-8-11-20(26-14-17)16-4-3-5-19(25)12-16/h3-12,14,21H,2,13H2,1H3,(H,27,29). The number of halogens is 2. The lowest BCUT2D eigenvalue weighted by Gasteiger charge is -2.19. The van der Waals surface area contributed by atoms with E-state index in [0.29, 0.717) is 21.8 Å². The molecule has 0 aliphatic carbocycles. The van der Waals surface area contributed by atoms with Gasteiger partial charge in [-0.1, -0.05) is 35.9 Å². The normalized spacial score (nSPS) is 11.6.